The molecule has 11 heavy (non-hydrogen) atoms. The van der Waals surface area contributed by atoms with Crippen LogP contribution in [-0.4, -0.2) is 25.8 Å². The van der Waals surface area contributed by atoms with Gasteiger partial charge in [0.2, 0.25) is 0 Å². The van der Waals surface area contributed by atoms with Gasteiger partial charge in [0.25, 0.3) is 0 Å². The number of rotatable bonds is 4. The van der Waals surface area contributed by atoms with Gasteiger partial charge >= 0.3 is 0 Å². The lowest BCUT2D eigenvalue weighted by atomic mass is 10.2. The topological polar surface area (TPSA) is 21.3 Å². The van der Waals surface area contributed by atoms with E-state index in [1.54, 1.807) is 0 Å². The minimum Gasteiger partial charge on any atom is -0.378 e. The summed E-state index contributed by atoms with van der Waals surface area (Å²) in [5.74, 6) is 2.02. The van der Waals surface area contributed by atoms with Crippen molar-refractivity contribution in [3.8, 4) is 0 Å². The molecule has 1 heterocycles. The Hall–Kier alpha value is -0.0800. The first-order valence-electron chi connectivity index (χ1n) is 4.71. The molecule has 1 saturated heterocycles. The van der Waals surface area contributed by atoms with Gasteiger partial charge in [-0.1, -0.05) is 13.3 Å². The van der Waals surface area contributed by atoms with E-state index in [9.17, 15) is 0 Å². The lowest BCUT2D eigenvalue weighted by Gasteiger charge is -2.27. The van der Waals surface area contributed by atoms with Gasteiger partial charge in [-0.2, -0.15) is 0 Å². The van der Waals surface area contributed by atoms with E-state index in [0.717, 1.165) is 25.0 Å². The summed E-state index contributed by atoms with van der Waals surface area (Å²) in [6, 6.07) is 0.674. The molecule has 0 radical (unpaired) electrons. The summed E-state index contributed by atoms with van der Waals surface area (Å²) in [5, 5.41) is 3.52. The van der Waals surface area contributed by atoms with Crippen LogP contribution in [0.2, 0.25) is 0 Å². The molecule has 2 fully saturated rings. The number of hydrogen-bond donors (Lipinski definition) is 1. The highest BCUT2D eigenvalue weighted by atomic mass is 16.5. The summed E-state index contributed by atoms with van der Waals surface area (Å²) in [6.45, 7) is 5.39. The van der Waals surface area contributed by atoms with E-state index in [1.807, 2.05) is 0 Å². The van der Waals surface area contributed by atoms with Crippen LogP contribution in [0.3, 0.4) is 0 Å². The van der Waals surface area contributed by atoms with Crippen molar-refractivity contribution in [1.29, 1.82) is 0 Å². The lowest BCUT2D eigenvalue weighted by molar-refractivity contribution is -0.00545. The Labute approximate surface area is 68.3 Å². The van der Waals surface area contributed by atoms with Crippen molar-refractivity contribution < 1.29 is 4.74 Å². The molecule has 1 saturated carbocycles. The van der Waals surface area contributed by atoms with Crippen LogP contribution >= 0.6 is 0 Å². The van der Waals surface area contributed by atoms with Gasteiger partial charge in [0.05, 0.1) is 19.3 Å². The molecule has 2 aliphatic rings. The molecule has 2 nitrogen and oxygen atoms in total. The second-order valence-corrected chi connectivity index (χ2v) is 3.81. The molecule has 0 bridgehead atoms. The van der Waals surface area contributed by atoms with Crippen molar-refractivity contribution in [2.45, 2.75) is 25.8 Å². The molecular weight excluding hydrogens is 138 g/mol. The average molecular weight is 155 g/mol. The van der Waals surface area contributed by atoms with E-state index in [1.165, 1.54) is 19.4 Å². The normalized spacial score (nSPS) is 36.8. The molecule has 2 rings (SSSR count). The van der Waals surface area contributed by atoms with Gasteiger partial charge in [0, 0.05) is 0 Å². The maximum Gasteiger partial charge on any atom is 0.0643 e. The van der Waals surface area contributed by atoms with Crippen molar-refractivity contribution in [1.82, 2.24) is 5.32 Å². The molecule has 0 spiro atoms. The minimum atomic E-state index is 0.674. The van der Waals surface area contributed by atoms with Gasteiger partial charge in [0.15, 0.2) is 0 Å². The van der Waals surface area contributed by atoms with Crippen LogP contribution in [0.5, 0.6) is 0 Å². The van der Waals surface area contributed by atoms with E-state index in [2.05, 4.69) is 12.2 Å². The Balaban J connectivity index is 1.54. The maximum absolute atomic E-state index is 5.08. The third-order valence-corrected chi connectivity index (χ3v) is 2.90. The molecular formula is C9H17NO. The Morgan fingerprint density at radius 3 is 2.64 bits per heavy atom. The van der Waals surface area contributed by atoms with E-state index in [-0.39, 0.29) is 0 Å². The molecule has 0 aromatic carbocycles. The van der Waals surface area contributed by atoms with Gasteiger partial charge in [-0.3, -0.25) is 0 Å². The van der Waals surface area contributed by atoms with Crippen LogP contribution in [0.4, 0.5) is 0 Å². The van der Waals surface area contributed by atoms with Gasteiger partial charge in [0.1, 0.15) is 0 Å². The molecule has 2 atom stereocenters. The molecule has 0 unspecified atom stereocenters. The zero-order chi connectivity index (χ0) is 7.68. The quantitative estimate of drug-likeness (QED) is 0.654. The number of hydrogen-bond acceptors (Lipinski definition) is 2. The first-order valence-corrected chi connectivity index (χ1v) is 4.71. The predicted octanol–water partition coefficient (Wildman–Crippen LogP) is 1.02. The molecule has 0 aromatic rings. The van der Waals surface area contributed by atoms with Gasteiger partial charge in [-0.05, 0) is 24.8 Å². The van der Waals surface area contributed by atoms with Gasteiger partial charge < -0.3 is 10.1 Å². The molecule has 1 N–H and O–H groups in total. The molecule has 0 aromatic heterocycles. The molecule has 1 aliphatic carbocycles. The monoisotopic (exact) mass is 155 g/mol. The van der Waals surface area contributed by atoms with E-state index < -0.39 is 0 Å². The second kappa shape index (κ2) is 3.11. The SMILES string of the molecule is CC[C@@H]1C[C@H]1CNC1COC1. The summed E-state index contributed by atoms with van der Waals surface area (Å²) in [4.78, 5) is 0. The molecule has 0 amide bonds. The smallest absolute Gasteiger partial charge is 0.0643 e. The predicted molar refractivity (Wildman–Crippen MR) is 44.5 cm³/mol. The highest BCUT2D eigenvalue weighted by Crippen LogP contribution is 2.40. The van der Waals surface area contributed by atoms with Crippen LogP contribution < -0.4 is 5.32 Å². The highest BCUT2D eigenvalue weighted by molar-refractivity contribution is 4.88. The largest absolute Gasteiger partial charge is 0.378 e. The Morgan fingerprint density at radius 1 is 1.36 bits per heavy atom. The third-order valence-electron chi connectivity index (χ3n) is 2.90. The minimum absolute atomic E-state index is 0.674. The van der Waals surface area contributed by atoms with Gasteiger partial charge in [-0.15, -0.1) is 0 Å². The fourth-order valence-corrected chi connectivity index (χ4v) is 1.73. The summed E-state index contributed by atoms with van der Waals surface area (Å²) in [5.41, 5.74) is 0. The summed E-state index contributed by atoms with van der Waals surface area (Å²) in [6.07, 6.45) is 2.82. The van der Waals surface area contributed by atoms with E-state index in [4.69, 9.17) is 4.74 Å². The second-order valence-electron chi connectivity index (χ2n) is 3.81. The fraction of sp³-hybridized carbons (Fsp3) is 1.00. The highest BCUT2D eigenvalue weighted by Gasteiger charge is 2.35. The molecule has 64 valence electrons. The van der Waals surface area contributed by atoms with Crippen LogP contribution in [0, 0.1) is 11.8 Å². The third kappa shape index (κ3) is 1.74. The van der Waals surface area contributed by atoms with Crippen molar-refractivity contribution in [2.24, 2.45) is 11.8 Å². The van der Waals surface area contributed by atoms with Crippen molar-refractivity contribution in [2.75, 3.05) is 19.8 Å². The number of nitrogens with one attached hydrogen (secondary N) is 1. The standard InChI is InChI=1S/C9H17NO/c1-2-7-3-8(7)4-10-9-5-11-6-9/h7-10H,2-6H2,1H3/t7-,8+/m1/s1. The van der Waals surface area contributed by atoms with Crippen LogP contribution in [0.15, 0.2) is 0 Å². The summed E-state index contributed by atoms with van der Waals surface area (Å²) >= 11 is 0. The Kier molecular flexibility index (Phi) is 2.14. The Morgan fingerprint density at radius 2 is 2.18 bits per heavy atom. The summed E-state index contributed by atoms with van der Waals surface area (Å²) in [7, 11) is 0. The Bertz CT molecular complexity index is 134. The zero-order valence-corrected chi connectivity index (χ0v) is 7.18. The molecule has 1 aliphatic heterocycles. The van der Waals surface area contributed by atoms with Crippen LogP contribution in [-0.2, 0) is 4.74 Å². The average Bonchev–Trinajstić information content (AvgIpc) is 2.64. The van der Waals surface area contributed by atoms with Crippen molar-refractivity contribution in [3.05, 3.63) is 0 Å². The van der Waals surface area contributed by atoms with Crippen LogP contribution in [0.25, 0.3) is 0 Å². The zero-order valence-electron chi connectivity index (χ0n) is 7.18. The first kappa shape index (κ1) is 7.56. The maximum atomic E-state index is 5.08. The first-order chi connectivity index (χ1) is 5.40. The fourth-order valence-electron chi connectivity index (χ4n) is 1.73. The van der Waals surface area contributed by atoms with Crippen molar-refractivity contribution in [3.63, 3.8) is 0 Å². The summed E-state index contributed by atoms with van der Waals surface area (Å²) < 4.78 is 5.08. The van der Waals surface area contributed by atoms with Crippen molar-refractivity contribution >= 4 is 0 Å². The molecule has 2 heteroatoms. The lowest BCUT2D eigenvalue weighted by Crippen LogP contribution is -2.46. The number of ether oxygens (including phenoxy) is 1. The van der Waals surface area contributed by atoms with E-state index >= 15 is 0 Å². The van der Waals surface area contributed by atoms with Crippen LogP contribution in [0.1, 0.15) is 19.8 Å². The van der Waals surface area contributed by atoms with E-state index in [0.29, 0.717) is 6.04 Å². The van der Waals surface area contributed by atoms with Gasteiger partial charge in [-0.25, -0.2) is 0 Å².